The van der Waals surface area contributed by atoms with E-state index in [4.69, 9.17) is 11.6 Å². The van der Waals surface area contributed by atoms with E-state index in [1.165, 1.54) is 6.07 Å². The maximum absolute atomic E-state index is 12.5. The highest BCUT2D eigenvalue weighted by atomic mass is 35.5. The van der Waals surface area contributed by atoms with Gasteiger partial charge in [-0.1, -0.05) is 35.4 Å². The first-order valence-electron chi connectivity index (χ1n) is 5.96. The molecule has 102 valence electrons. The van der Waals surface area contributed by atoms with Gasteiger partial charge in [-0.15, -0.1) is 0 Å². The van der Waals surface area contributed by atoms with E-state index in [0.717, 1.165) is 5.56 Å². The van der Waals surface area contributed by atoms with Gasteiger partial charge in [-0.2, -0.15) is 0 Å². The van der Waals surface area contributed by atoms with Crippen molar-refractivity contribution in [3.8, 4) is 0 Å². The number of aryl methyl sites for hydroxylation is 1. The maximum atomic E-state index is 12.5. The topological polar surface area (TPSA) is 54.4 Å². The van der Waals surface area contributed by atoms with Crippen LogP contribution in [0.1, 0.15) is 16.7 Å². The van der Waals surface area contributed by atoms with Crippen LogP contribution in [0.15, 0.2) is 47.4 Å². The number of fused-ring (bicyclic) bond motifs is 1. The molecule has 2 aromatic rings. The second-order valence-electron chi connectivity index (χ2n) is 4.69. The van der Waals surface area contributed by atoms with Crippen LogP contribution in [-0.2, 0) is 9.84 Å². The Bertz CT molecular complexity index is 834. The third kappa shape index (κ3) is 1.84. The molecule has 0 fully saturated rings. The van der Waals surface area contributed by atoms with Crippen LogP contribution in [-0.4, -0.2) is 13.5 Å². The van der Waals surface area contributed by atoms with Crippen molar-refractivity contribution in [3.05, 3.63) is 64.2 Å². The van der Waals surface area contributed by atoms with E-state index in [-0.39, 0.29) is 15.6 Å². The highest BCUT2D eigenvalue weighted by Crippen LogP contribution is 2.43. The molecule has 20 heavy (non-hydrogen) atoms. The lowest BCUT2D eigenvalue weighted by molar-refractivity contribution is 0.514. The molecule has 2 aromatic carbocycles. The number of sulfone groups is 1. The average Bonchev–Trinajstić information content (AvgIpc) is 2.58. The van der Waals surface area contributed by atoms with Gasteiger partial charge in [-0.3, -0.25) is 0 Å². The van der Waals surface area contributed by atoms with Crippen LogP contribution in [0.2, 0.25) is 5.02 Å². The number of hydrogen-bond acceptors (Lipinski definition) is 3. The third-order valence-electron chi connectivity index (χ3n) is 3.27. The van der Waals surface area contributed by atoms with Crippen LogP contribution in [0.4, 0.5) is 0 Å². The van der Waals surface area contributed by atoms with Gasteiger partial charge in [0.1, 0.15) is 10.7 Å². The predicted molar refractivity (Wildman–Crippen MR) is 79.3 cm³/mol. The predicted octanol–water partition coefficient (Wildman–Crippen LogP) is 3.82. The van der Waals surface area contributed by atoms with Crippen molar-refractivity contribution in [3.63, 3.8) is 0 Å². The molecule has 1 heterocycles. The van der Waals surface area contributed by atoms with Gasteiger partial charge in [0.25, 0.3) is 0 Å². The Kier molecular flexibility index (Phi) is 2.88. The molecule has 3 nitrogen and oxygen atoms in total. The molecule has 1 N–H and O–H groups in total. The zero-order valence-corrected chi connectivity index (χ0v) is 12.2. The molecule has 5 heteroatoms. The molecule has 1 aliphatic rings. The monoisotopic (exact) mass is 306 g/mol. The van der Waals surface area contributed by atoms with Crippen molar-refractivity contribution in [2.75, 3.05) is 0 Å². The molecular weight excluding hydrogens is 296 g/mol. The van der Waals surface area contributed by atoms with Crippen molar-refractivity contribution in [2.45, 2.75) is 11.8 Å². The van der Waals surface area contributed by atoms with Crippen molar-refractivity contribution < 1.29 is 13.5 Å². The van der Waals surface area contributed by atoms with Crippen LogP contribution in [0, 0.1) is 6.92 Å². The number of halogens is 1. The van der Waals surface area contributed by atoms with Gasteiger partial charge in [-0.05, 0) is 36.8 Å². The SMILES string of the molecule is Cc1ccc2c(c1)C(O)=C(c1ccc(Cl)cc1)S2(=O)=O. The molecule has 0 unspecified atom stereocenters. The van der Waals surface area contributed by atoms with Gasteiger partial charge < -0.3 is 5.11 Å². The average molecular weight is 307 g/mol. The summed E-state index contributed by atoms with van der Waals surface area (Å²) in [5.41, 5.74) is 1.68. The summed E-state index contributed by atoms with van der Waals surface area (Å²) >= 11 is 5.81. The zero-order chi connectivity index (χ0) is 14.5. The van der Waals surface area contributed by atoms with Crippen LogP contribution in [0.3, 0.4) is 0 Å². The minimum absolute atomic E-state index is 0.0604. The number of rotatable bonds is 1. The quantitative estimate of drug-likeness (QED) is 0.871. The summed E-state index contributed by atoms with van der Waals surface area (Å²) in [5.74, 6) is -0.203. The molecule has 3 rings (SSSR count). The van der Waals surface area contributed by atoms with Crippen molar-refractivity contribution in [1.82, 2.24) is 0 Å². The summed E-state index contributed by atoms with van der Waals surface area (Å²) in [7, 11) is -3.69. The van der Waals surface area contributed by atoms with Gasteiger partial charge in [0.2, 0.25) is 9.84 Å². The fourth-order valence-electron chi connectivity index (χ4n) is 2.32. The van der Waals surface area contributed by atoms with Crippen LogP contribution in [0.25, 0.3) is 10.7 Å². The summed E-state index contributed by atoms with van der Waals surface area (Å²) in [6.45, 7) is 1.85. The van der Waals surface area contributed by atoms with E-state index in [1.54, 1.807) is 36.4 Å². The Morgan fingerprint density at radius 1 is 1.05 bits per heavy atom. The molecule has 0 saturated heterocycles. The lowest BCUT2D eigenvalue weighted by Crippen LogP contribution is -2.00. The van der Waals surface area contributed by atoms with E-state index in [2.05, 4.69) is 0 Å². The number of aliphatic hydroxyl groups excluding tert-OH is 1. The first kappa shape index (κ1) is 13.2. The second kappa shape index (κ2) is 4.36. The zero-order valence-electron chi connectivity index (χ0n) is 10.6. The number of benzene rings is 2. The smallest absolute Gasteiger partial charge is 0.211 e. The van der Waals surface area contributed by atoms with Crippen molar-refractivity contribution >= 4 is 32.1 Å². The highest BCUT2D eigenvalue weighted by Gasteiger charge is 2.36. The summed E-state index contributed by atoms with van der Waals surface area (Å²) in [4.78, 5) is 0.0836. The summed E-state index contributed by atoms with van der Waals surface area (Å²) < 4.78 is 25.1. The molecule has 0 aromatic heterocycles. The first-order chi connectivity index (χ1) is 9.41. The minimum atomic E-state index is -3.69. The molecule has 0 aliphatic carbocycles. The van der Waals surface area contributed by atoms with Gasteiger partial charge >= 0.3 is 0 Å². The highest BCUT2D eigenvalue weighted by molar-refractivity contribution is 8.01. The number of aliphatic hydroxyl groups is 1. The van der Waals surface area contributed by atoms with E-state index < -0.39 is 9.84 Å². The minimum Gasteiger partial charge on any atom is -0.506 e. The summed E-state index contributed by atoms with van der Waals surface area (Å²) in [6.07, 6.45) is 0. The maximum Gasteiger partial charge on any atom is 0.211 e. The van der Waals surface area contributed by atoms with Gasteiger partial charge in [-0.25, -0.2) is 8.42 Å². The molecular formula is C15H11ClO3S. The molecule has 0 bridgehead atoms. The summed E-state index contributed by atoms with van der Waals surface area (Å²) in [5, 5.41) is 10.8. The normalized spacial score (nSPS) is 16.3. The van der Waals surface area contributed by atoms with Gasteiger partial charge in [0.05, 0.1) is 4.90 Å². The Balaban J connectivity index is 2.29. The largest absolute Gasteiger partial charge is 0.506 e. The van der Waals surface area contributed by atoms with Crippen LogP contribution in [0.5, 0.6) is 0 Å². The fourth-order valence-corrected chi connectivity index (χ4v) is 4.16. The van der Waals surface area contributed by atoms with Gasteiger partial charge in [0.15, 0.2) is 0 Å². The molecule has 0 spiro atoms. The number of hydrogen-bond donors (Lipinski definition) is 1. The second-order valence-corrected chi connectivity index (χ2v) is 6.98. The third-order valence-corrected chi connectivity index (χ3v) is 5.42. The molecule has 0 atom stereocenters. The van der Waals surface area contributed by atoms with Crippen LogP contribution >= 0.6 is 11.6 Å². The van der Waals surface area contributed by atoms with E-state index >= 15 is 0 Å². The summed E-state index contributed by atoms with van der Waals surface area (Å²) in [6, 6.07) is 11.3. The molecule has 1 aliphatic heterocycles. The lowest BCUT2D eigenvalue weighted by atomic mass is 10.1. The Morgan fingerprint density at radius 2 is 1.70 bits per heavy atom. The Labute approximate surface area is 122 Å². The van der Waals surface area contributed by atoms with Crippen molar-refractivity contribution in [1.29, 1.82) is 0 Å². The molecule has 0 radical (unpaired) electrons. The van der Waals surface area contributed by atoms with Crippen molar-refractivity contribution in [2.24, 2.45) is 0 Å². The Morgan fingerprint density at radius 3 is 2.35 bits per heavy atom. The van der Waals surface area contributed by atoms with Crippen LogP contribution < -0.4 is 0 Å². The Hall–Kier alpha value is -1.78. The van der Waals surface area contributed by atoms with Gasteiger partial charge in [0, 0.05) is 10.6 Å². The van der Waals surface area contributed by atoms with E-state index in [0.29, 0.717) is 16.1 Å². The first-order valence-corrected chi connectivity index (χ1v) is 7.82. The fraction of sp³-hybridized carbons (Fsp3) is 0.0667. The van der Waals surface area contributed by atoms with E-state index in [1.807, 2.05) is 6.92 Å². The standard InChI is InChI=1S/C15H11ClO3S/c1-9-2-7-13-12(8-9)14(17)15(20(13,18)19)10-3-5-11(16)6-4-10/h2-8,17H,1H3. The molecule has 0 amide bonds. The van der Waals surface area contributed by atoms with E-state index in [9.17, 15) is 13.5 Å². The molecule has 0 saturated carbocycles. The lowest BCUT2D eigenvalue weighted by Gasteiger charge is -2.04.